The number of nitrogens with one attached hydrogen (secondary N) is 1. The Hall–Kier alpha value is -1.46. The van der Waals surface area contributed by atoms with Crippen LogP contribution in [0, 0.1) is 11.7 Å². The molecule has 2 atom stereocenters. The third-order valence-corrected chi connectivity index (χ3v) is 4.09. The second-order valence-corrected chi connectivity index (χ2v) is 5.74. The number of ether oxygens (including phenoxy) is 2. The van der Waals surface area contributed by atoms with E-state index in [4.69, 9.17) is 9.47 Å². The highest BCUT2D eigenvalue weighted by Gasteiger charge is 2.35. The van der Waals surface area contributed by atoms with Crippen LogP contribution in [-0.2, 0) is 4.74 Å². The first kappa shape index (κ1) is 14.5. The molecule has 2 saturated heterocycles. The van der Waals surface area contributed by atoms with Crippen molar-refractivity contribution >= 4 is 5.78 Å². The van der Waals surface area contributed by atoms with Crippen molar-refractivity contribution < 1.29 is 18.7 Å². The maximum atomic E-state index is 13.6. The predicted octanol–water partition coefficient (Wildman–Crippen LogP) is 2.17. The van der Waals surface area contributed by atoms with Gasteiger partial charge in [-0.2, -0.15) is 0 Å². The Labute approximate surface area is 123 Å². The van der Waals surface area contributed by atoms with Crippen LogP contribution in [0.25, 0.3) is 0 Å². The first-order chi connectivity index (χ1) is 10.2. The molecule has 0 saturated carbocycles. The number of Topliss-reactive ketones (excluding diaryl/α,β-unsaturated/α-hetero) is 1. The Morgan fingerprint density at radius 3 is 2.71 bits per heavy atom. The summed E-state index contributed by atoms with van der Waals surface area (Å²) in [5.41, 5.74) is 0.407. The number of carbonyl (C=O) groups excluding carboxylic acids is 1. The van der Waals surface area contributed by atoms with Crippen LogP contribution in [0.15, 0.2) is 18.2 Å². The molecule has 2 heterocycles. The first-order valence-corrected chi connectivity index (χ1v) is 7.47. The molecule has 0 radical (unpaired) electrons. The first-order valence-electron chi connectivity index (χ1n) is 7.47. The molecule has 2 bridgehead atoms. The number of carbonyl (C=O) groups is 1. The van der Waals surface area contributed by atoms with E-state index >= 15 is 0 Å². The lowest BCUT2D eigenvalue weighted by molar-refractivity contribution is 0.00951. The van der Waals surface area contributed by atoms with Crippen LogP contribution < -0.4 is 10.1 Å². The Kier molecular flexibility index (Phi) is 4.22. The topological polar surface area (TPSA) is 47.6 Å². The van der Waals surface area contributed by atoms with Crippen molar-refractivity contribution in [1.82, 2.24) is 5.32 Å². The van der Waals surface area contributed by atoms with Gasteiger partial charge in [-0.25, -0.2) is 4.39 Å². The van der Waals surface area contributed by atoms with E-state index in [2.05, 4.69) is 5.32 Å². The van der Waals surface area contributed by atoms with Crippen LogP contribution in [-0.4, -0.2) is 37.7 Å². The van der Waals surface area contributed by atoms with Gasteiger partial charge >= 0.3 is 0 Å². The molecule has 21 heavy (non-hydrogen) atoms. The summed E-state index contributed by atoms with van der Waals surface area (Å²) in [6, 6.07) is 4.71. The molecule has 2 aliphatic heterocycles. The molecule has 0 aromatic heterocycles. The summed E-state index contributed by atoms with van der Waals surface area (Å²) in [5.74, 6) is -0.0737. The van der Waals surface area contributed by atoms with Crippen molar-refractivity contribution in [2.75, 3.05) is 19.8 Å². The molecule has 4 nitrogen and oxygen atoms in total. The largest absolute Gasteiger partial charge is 0.494 e. The third-order valence-electron chi connectivity index (χ3n) is 4.09. The van der Waals surface area contributed by atoms with E-state index in [0.29, 0.717) is 31.1 Å². The van der Waals surface area contributed by atoms with E-state index in [0.717, 1.165) is 12.8 Å². The highest BCUT2D eigenvalue weighted by Crippen LogP contribution is 2.28. The van der Waals surface area contributed by atoms with E-state index in [1.807, 2.05) is 6.92 Å². The number of hydrogen-bond acceptors (Lipinski definition) is 4. The van der Waals surface area contributed by atoms with Gasteiger partial charge in [0, 0.05) is 29.6 Å². The molecule has 2 unspecified atom stereocenters. The normalized spacial score (nSPS) is 28.2. The summed E-state index contributed by atoms with van der Waals surface area (Å²) in [6.07, 6.45) is 1.49. The second kappa shape index (κ2) is 6.12. The molecular formula is C16H20FNO3. The van der Waals surface area contributed by atoms with Crippen molar-refractivity contribution in [3.63, 3.8) is 0 Å². The molecule has 2 fully saturated rings. The van der Waals surface area contributed by atoms with Gasteiger partial charge in [0.2, 0.25) is 0 Å². The standard InChI is InChI=1S/C16H20FNO3/c1-2-21-15-6-10(3-12(17)7-15)16(19)11-4-13-8-20-9-14(5-11)18-13/h3,6-7,11,13-14,18H,2,4-5,8-9H2,1H3. The minimum absolute atomic E-state index is 0.00820. The average Bonchev–Trinajstić information content (AvgIpc) is 2.45. The fourth-order valence-electron chi connectivity index (χ4n) is 3.24. The van der Waals surface area contributed by atoms with Gasteiger partial charge < -0.3 is 14.8 Å². The molecule has 1 N–H and O–H groups in total. The smallest absolute Gasteiger partial charge is 0.166 e. The highest BCUT2D eigenvalue weighted by molar-refractivity contribution is 5.98. The molecular weight excluding hydrogens is 273 g/mol. The van der Waals surface area contributed by atoms with Gasteiger partial charge in [0.1, 0.15) is 11.6 Å². The van der Waals surface area contributed by atoms with Crippen LogP contribution in [0.3, 0.4) is 0 Å². The summed E-state index contributed by atoms with van der Waals surface area (Å²) in [6.45, 7) is 3.58. The lowest BCUT2D eigenvalue weighted by Gasteiger charge is -2.39. The van der Waals surface area contributed by atoms with Gasteiger partial charge in [-0.15, -0.1) is 0 Å². The van der Waals surface area contributed by atoms with Gasteiger partial charge in [-0.1, -0.05) is 0 Å². The average molecular weight is 293 g/mol. The Bertz CT molecular complexity index is 522. The number of halogens is 1. The second-order valence-electron chi connectivity index (χ2n) is 5.74. The number of rotatable bonds is 4. The minimum Gasteiger partial charge on any atom is -0.494 e. The molecule has 114 valence electrons. The molecule has 1 aromatic carbocycles. The van der Waals surface area contributed by atoms with Crippen molar-refractivity contribution in [3.8, 4) is 5.75 Å². The fourth-order valence-corrected chi connectivity index (χ4v) is 3.24. The summed E-state index contributed by atoms with van der Waals surface area (Å²) < 4.78 is 24.4. The highest BCUT2D eigenvalue weighted by atomic mass is 19.1. The fraction of sp³-hybridized carbons (Fsp3) is 0.562. The maximum absolute atomic E-state index is 13.6. The summed E-state index contributed by atoms with van der Waals surface area (Å²) in [5, 5.41) is 3.46. The number of morpholine rings is 1. The maximum Gasteiger partial charge on any atom is 0.166 e. The Morgan fingerprint density at radius 1 is 1.33 bits per heavy atom. The number of hydrogen-bond donors (Lipinski definition) is 1. The van der Waals surface area contributed by atoms with Gasteiger partial charge in [0.25, 0.3) is 0 Å². The molecule has 0 spiro atoms. The zero-order valence-electron chi connectivity index (χ0n) is 12.1. The van der Waals surface area contributed by atoms with Crippen LogP contribution >= 0.6 is 0 Å². The van der Waals surface area contributed by atoms with Gasteiger partial charge in [-0.3, -0.25) is 4.79 Å². The molecule has 5 heteroatoms. The SMILES string of the molecule is CCOc1cc(F)cc(C(=O)C2CC3COCC(C2)N3)c1. The van der Waals surface area contributed by atoms with E-state index in [1.54, 1.807) is 6.07 Å². The van der Waals surface area contributed by atoms with Crippen LogP contribution in [0.1, 0.15) is 30.1 Å². The lowest BCUT2D eigenvalue weighted by Crippen LogP contribution is -2.55. The van der Waals surface area contributed by atoms with Crippen LogP contribution in [0.5, 0.6) is 5.75 Å². The summed E-state index contributed by atoms with van der Waals surface area (Å²) in [4.78, 5) is 12.6. The van der Waals surface area contributed by atoms with Gasteiger partial charge in [0.15, 0.2) is 5.78 Å². The van der Waals surface area contributed by atoms with Gasteiger partial charge in [0.05, 0.1) is 19.8 Å². The molecule has 0 amide bonds. The van der Waals surface area contributed by atoms with Crippen LogP contribution in [0.4, 0.5) is 4.39 Å². The summed E-state index contributed by atoms with van der Waals surface area (Å²) >= 11 is 0. The third kappa shape index (κ3) is 3.24. The lowest BCUT2D eigenvalue weighted by atomic mass is 9.82. The van der Waals surface area contributed by atoms with Gasteiger partial charge in [-0.05, 0) is 31.9 Å². The van der Waals surface area contributed by atoms with Crippen molar-refractivity contribution in [1.29, 1.82) is 0 Å². The van der Waals surface area contributed by atoms with E-state index in [-0.39, 0.29) is 23.8 Å². The number of ketones is 1. The van der Waals surface area contributed by atoms with E-state index in [1.165, 1.54) is 12.1 Å². The van der Waals surface area contributed by atoms with Crippen molar-refractivity contribution in [2.24, 2.45) is 5.92 Å². The predicted molar refractivity (Wildman–Crippen MR) is 76.2 cm³/mol. The number of fused-ring (bicyclic) bond motifs is 2. The van der Waals surface area contributed by atoms with Crippen molar-refractivity contribution in [2.45, 2.75) is 31.8 Å². The zero-order valence-corrected chi connectivity index (χ0v) is 12.1. The zero-order chi connectivity index (χ0) is 14.8. The monoisotopic (exact) mass is 293 g/mol. The number of benzene rings is 1. The molecule has 3 rings (SSSR count). The number of piperidine rings is 1. The quantitative estimate of drug-likeness (QED) is 0.864. The summed E-state index contributed by atoms with van der Waals surface area (Å²) in [7, 11) is 0. The molecule has 0 aliphatic carbocycles. The molecule has 1 aromatic rings. The van der Waals surface area contributed by atoms with Crippen LogP contribution in [0.2, 0.25) is 0 Å². The van der Waals surface area contributed by atoms with E-state index in [9.17, 15) is 9.18 Å². The Balaban J connectivity index is 1.78. The minimum atomic E-state index is -0.429. The van der Waals surface area contributed by atoms with Crippen molar-refractivity contribution in [3.05, 3.63) is 29.6 Å². The van der Waals surface area contributed by atoms with E-state index < -0.39 is 5.82 Å². The Morgan fingerprint density at radius 2 is 2.05 bits per heavy atom. The molecule has 2 aliphatic rings.